The highest BCUT2D eigenvalue weighted by Crippen LogP contribution is 2.14. The van der Waals surface area contributed by atoms with Crippen LogP contribution >= 0.6 is 24.0 Å². The standard InChI is InChI=1S/C22H37N5O2.HI/c1-4-18(2)24-22(23-10-9-20-8-7-17-29-20)27-15-13-25(14-16-27)19(3)21(28)26-11-5-6-12-26;/h7-8,17-19H,4-6,9-16H2,1-3H3,(H,23,24);1H. The van der Waals surface area contributed by atoms with Crippen molar-refractivity contribution in [1.82, 2.24) is 20.0 Å². The molecular formula is C22H38IN5O2. The van der Waals surface area contributed by atoms with Crippen molar-refractivity contribution in [2.75, 3.05) is 45.8 Å². The topological polar surface area (TPSA) is 64.3 Å². The number of nitrogens with zero attached hydrogens (tertiary/aromatic N) is 4. The van der Waals surface area contributed by atoms with Gasteiger partial charge in [-0.15, -0.1) is 24.0 Å². The maximum Gasteiger partial charge on any atom is 0.239 e. The molecule has 2 saturated heterocycles. The van der Waals surface area contributed by atoms with Gasteiger partial charge in [-0.2, -0.15) is 0 Å². The predicted octanol–water partition coefficient (Wildman–Crippen LogP) is 2.81. The Bertz CT molecular complexity index is 652. The summed E-state index contributed by atoms with van der Waals surface area (Å²) >= 11 is 0. The molecule has 7 nitrogen and oxygen atoms in total. The van der Waals surface area contributed by atoms with Crippen LogP contribution in [0, 0.1) is 0 Å². The van der Waals surface area contributed by atoms with Gasteiger partial charge in [0.05, 0.1) is 12.3 Å². The Morgan fingerprint density at radius 2 is 1.83 bits per heavy atom. The number of piperazine rings is 1. The zero-order valence-electron chi connectivity index (χ0n) is 18.7. The number of rotatable bonds is 7. The predicted molar refractivity (Wildman–Crippen MR) is 131 cm³/mol. The van der Waals surface area contributed by atoms with Gasteiger partial charge in [0.25, 0.3) is 0 Å². The molecule has 1 aromatic rings. The molecule has 0 aromatic carbocycles. The Hall–Kier alpha value is -1.29. The Morgan fingerprint density at radius 3 is 2.43 bits per heavy atom. The minimum atomic E-state index is -0.0304. The van der Waals surface area contributed by atoms with Crippen molar-refractivity contribution < 1.29 is 9.21 Å². The minimum absolute atomic E-state index is 0. The van der Waals surface area contributed by atoms with Crippen molar-refractivity contribution in [3.63, 3.8) is 0 Å². The third kappa shape index (κ3) is 6.87. The lowest BCUT2D eigenvalue weighted by molar-refractivity contribution is -0.135. The summed E-state index contributed by atoms with van der Waals surface area (Å²) in [5, 5.41) is 3.58. The van der Waals surface area contributed by atoms with Crippen LogP contribution in [0.5, 0.6) is 0 Å². The second kappa shape index (κ2) is 12.5. The smallest absolute Gasteiger partial charge is 0.239 e. The Balaban J connectivity index is 0.00000320. The van der Waals surface area contributed by atoms with Crippen LogP contribution in [0.1, 0.15) is 45.8 Å². The lowest BCUT2D eigenvalue weighted by Crippen LogP contribution is -2.57. The van der Waals surface area contributed by atoms with Gasteiger partial charge in [-0.1, -0.05) is 6.92 Å². The van der Waals surface area contributed by atoms with E-state index in [0.29, 0.717) is 18.5 Å². The number of hydrogen-bond acceptors (Lipinski definition) is 4. The number of carbonyl (C=O) groups is 1. The molecule has 8 heteroatoms. The van der Waals surface area contributed by atoms with E-state index in [1.807, 2.05) is 17.0 Å². The summed E-state index contributed by atoms with van der Waals surface area (Å²) in [6.07, 6.45) is 5.86. The van der Waals surface area contributed by atoms with E-state index < -0.39 is 0 Å². The first-order chi connectivity index (χ1) is 14.1. The fraction of sp³-hybridized carbons (Fsp3) is 0.727. The van der Waals surface area contributed by atoms with Crippen molar-refractivity contribution in [3.05, 3.63) is 24.2 Å². The van der Waals surface area contributed by atoms with Crippen molar-refractivity contribution >= 4 is 35.8 Å². The molecule has 2 unspecified atom stereocenters. The van der Waals surface area contributed by atoms with Crippen LogP contribution in [0.15, 0.2) is 27.8 Å². The average Bonchev–Trinajstić information content (AvgIpc) is 3.46. The van der Waals surface area contributed by atoms with Crippen LogP contribution in [0.3, 0.4) is 0 Å². The molecule has 3 rings (SSSR count). The first-order valence-electron chi connectivity index (χ1n) is 11.2. The number of aliphatic imine (C=N–C) groups is 1. The Kier molecular flexibility index (Phi) is 10.4. The summed E-state index contributed by atoms with van der Waals surface area (Å²) < 4.78 is 5.42. The first kappa shape index (κ1) is 25.0. The SMILES string of the molecule is CCC(C)NC(=NCCc1ccco1)N1CCN(C(C)C(=O)N2CCCC2)CC1.I. The second-order valence-electron chi connectivity index (χ2n) is 8.22. The minimum Gasteiger partial charge on any atom is -0.469 e. The zero-order valence-corrected chi connectivity index (χ0v) is 21.0. The van der Waals surface area contributed by atoms with E-state index in [9.17, 15) is 4.79 Å². The lowest BCUT2D eigenvalue weighted by Gasteiger charge is -2.40. The first-order valence-corrected chi connectivity index (χ1v) is 11.2. The number of guanidine groups is 1. The molecule has 2 aliphatic rings. The van der Waals surface area contributed by atoms with Gasteiger partial charge in [-0.3, -0.25) is 14.7 Å². The molecule has 0 bridgehead atoms. The molecule has 0 aliphatic carbocycles. The maximum absolute atomic E-state index is 12.7. The Morgan fingerprint density at radius 1 is 1.13 bits per heavy atom. The summed E-state index contributed by atoms with van der Waals surface area (Å²) in [7, 11) is 0. The summed E-state index contributed by atoms with van der Waals surface area (Å²) in [6, 6.07) is 4.26. The van der Waals surface area contributed by atoms with Gasteiger partial charge >= 0.3 is 0 Å². The van der Waals surface area contributed by atoms with Crippen molar-refractivity contribution in [3.8, 4) is 0 Å². The normalized spacial score (nSPS) is 20.0. The van der Waals surface area contributed by atoms with E-state index in [1.165, 1.54) is 0 Å². The molecule has 3 heterocycles. The zero-order chi connectivity index (χ0) is 20.6. The van der Waals surface area contributed by atoms with Gasteiger partial charge in [0.1, 0.15) is 5.76 Å². The summed E-state index contributed by atoms with van der Waals surface area (Å²) in [5.74, 6) is 2.24. The van der Waals surface area contributed by atoms with Crippen LogP contribution in [0.2, 0.25) is 0 Å². The number of nitrogens with one attached hydrogen (secondary N) is 1. The highest BCUT2D eigenvalue weighted by atomic mass is 127. The maximum atomic E-state index is 12.7. The molecule has 2 atom stereocenters. The molecule has 0 radical (unpaired) electrons. The lowest BCUT2D eigenvalue weighted by atomic mass is 10.2. The summed E-state index contributed by atoms with van der Waals surface area (Å²) in [6.45, 7) is 12.5. The highest BCUT2D eigenvalue weighted by Gasteiger charge is 2.30. The molecule has 170 valence electrons. The average molecular weight is 531 g/mol. The van der Waals surface area contributed by atoms with Gasteiger partial charge in [0.15, 0.2) is 5.96 Å². The number of likely N-dealkylation sites (tertiary alicyclic amines) is 1. The third-order valence-electron chi connectivity index (χ3n) is 6.12. The molecule has 1 aromatic heterocycles. The van der Waals surface area contributed by atoms with Crippen LogP contribution < -0.4 is 5.32 Å². The number of hydrogen-bond donors (Lipinski definition) is 1. The Labute approximate surface area is 198 Å². The summed E-state index contributed by atoms with van der Waals surface area (Å²) in [4.78, 5) is 24.3. The highest BCUT2D eigenvalue weighted by molar-refractivity contribution is 14.0. The van der Waals surface area contributed by atoms with Gasteiger partial charge in [0.2, 0.25) is 5.91 Å². The van der Waals surface area contributed by atoms with Crippen LogP contribution in [-0.2, 0) is 11.2 Å². The number of amides is 1. The molecule has 1 N–H and O–H groups in total. The number of carbonyl (C=O) groups excluding carboxylic acids is 1. The quantitative estimate of drug-likeness (QED) is 0.333. The molecule has 0 saturated carbocycles. The van der Waals surface area contributed by atoms with Crippen molar-refractivity contribution in [2.45, 2.75) is 58.5 Å². The van der Waals surface area contributed by atoms with Gasteiger partial charge in [-0.05, 0) is 45.2 Å². The van der Waals surface area contributed by atoms with Crippen molar-refractivity contribution in [1.29, 1.82) is 0 Å². The number of halogens is 1. The van der Waals surface area contributed by atoms with E-state index in [-0.39, 0.29) is 30.0 Å². The molecule has 2 fully saturated rings. The summed E-state index contributed by atoms with van der Waals surface area (Å²) in [5.41, 5.74) is 0. The van der Waals surface area contributed by atoms with E-state index in [0.717, 1.165) is 76.7 Å². The molecule has 1 amide bonds. The molecule has 30 heavy (non-hydrogen) atoms. The molecule has 0 spiro atoms. The van der Waals surface area contributed by atoms with Gasteiger partial charge in [0, 0.05) is 58.3 Å². The fourth-order valence-corrected chi connectivity index (χ4v) is 3.97. The van der Waals surface area contributed by atoms with E-state index in [4.69, 9.17) is 9.41 Å². The van der Waals surface area contributed by atoms with E-state index >= 15 is 0 Å². The largest absolute Gasteiger partial charge is 0.469 e. The fourth-order valence-electron chi connectivity index (χ4n) is 3.97. The third-order valence-corrected chi connectivity index (χ3v) is 6.12. The molecule has 2 aliphatic heterocycles. The van der Waals surface area contributed by atoms with Crippen LogP contribution in [0.4, 0.5) is 0 Å². The van der Waals surface area contributed by atoms with Gasteiger partial charge < -0.3 is 19.5 Å². The van der Waals surface area contributed by atoms with Crippen LogP contribution in [0.25, 0.3) is 0 Å². The number of furan rings is 1. The van der Waals surface area contributed by atoms with E-state index in [1.54, 1.807) is 6.26 Å². The van der Waals surface area contributed by atoms with Gasteiger partial charge in [-0.25, -0.2) is 0 Å². The van der Waals surface area contributed by atoms with Crippen LogP contribution in [-0.4, -0.2) is 84.5 Å². The van der Waals surface area contributed by atoms with E-state index in [2.05, 4.69) is 35.9 Å². The second-order valence-corrected chi connectivity index (χ2v) is 8.22. The molecular weight excluding hydrogens is 493 g/mol. The van der Waals surface area contributed by atoms with Crippen molar-refractivity contribution in [2.24, 2.45) is 4.99 Å². The monoisotopic (exact) mass is 531 g/mol.